The number of nitrogens with zero attached hydrogens (tertiary/aromatic N) is 6. The molecule has 0 bridgehead atoms. The molecule has 0 radical (unpaired) electrons. The van der Waals surface area contributed by atoms with Gasteiger partial charge in [-0.15, -0.1) is 0 Å². The molecular formula is C18H17FN8. The Balaban J connectivity index is 1.67. The molecule has 8 nitrogen and oxygen atoms in total. The minimum Gasteiger partial charge on any atom is -0.344 e. The normalized spacial score (nSPS) is 12.1. The smallest absolute Gasteiger partial charge is 0.225 e. The van der Waals surface area contributed by atoms with Gasteiger partial charge in [0, 0.05) is 18.6 Å². The largest absolute Gasteiger partial charge is 0.344 e. The maximum absolute atomic E-state index is 13.0. The Bertz CT molecular complexity index is 1080. The second kappa shape index (κ2) is 6.94. The molecule has 0 aliphatic heterocycles. The van der Waals surface area contributed by atoms with Crippen LogP contribution < -0.4 is 10.6 Å². The number of fused-ring (bicyclic) bond motifs is 1. The lowest BCUT2D eigenvalue weighted by atomic mass is 10.2. The average Bonchev–Trinajstić information content (AvgIpc) is 3.07. The van der Waals surface area contributed by atoms with Gasteiger partial charge in [-0.2, -0.15) is 4.98 Å². The summed E-state index contributed by atoms with van der Waals surface area (Å²) in [5.41, 5.74) is 0.778. The van der Waals surface area contributed by atoms with Crippen LogP contribution in [0, 0.1) is 5.82 Å². The van der Waals surface area contributed by atoms with Gasteiger partial charge in [0.2, 0.25) is 5.95 Å². The van der Waals surface area contributed by atoms with Crippen molar-refractivity contribution in [2.75, 3.05) is 10.6 Å². The lowest BCUT2D eigenvalue weighted by Crippen LogP contribution is -2.13. The third-order valence-corrected chi connectivity index (χ3v) is 3.93. The van der Waals surface area contributed by atoms with Crippen LogP contribution in [0.15, 0.2) is 49.2 Å². The van der Waals surface area contributed by atoms with Gasteiger partial charge in [-0.3, -0.25) is 0 Å². The summed E-state index contributed by atoms with van der Waals surface area (Å²) in [6.45, 7) is 1.86. The predicted octanol–water partition coefficient (Wildman–Crippen LogP) is 3.21. The first kappa shape index (κ1) is 16.8. The number of benzene rings is 1. The summed E-state index contributed by atoms with van der Waals surface area (Å²) in [5.74, 6) is 1.70. The van der Waals surface area contributed by atoms with Crippen molar-refractivity contribution in [2.45, 2.75) is 13.0 Å². The van der Waals surface area contributed by atoms with E-state index in [0.717, 1.165) is 23.3 Å². The molecule has 3 aromatic heterocycles. The molecule has 0 aliphatic rings. The van der Waals surface area contributed by atoms with Crippen LogP contribution in [0.2, 0.25) is 0 Å². The van der Waals surface area contributed by atoms with E-state index in [2.05, 4.69) is 35.6 Å². The van der Waals surface area contributed by atoms with Crippen molar-refractivity contribution in [3.8, 4) is 0 Å². The van der Waals surface area contributed by atoms with Gasteiger partial charge in [0.15, 0.2) is 5.82 Å². The monoisotopic (exact) mass is 364 g/mol. The van der Waals surface area contributed by atoms with Crippen molar-refractivity contribution in [2.24, 2.45) is 7.05 Å². The number of aromatic nitrogens is 6. The molecule has 4 aromatic rings. The van der Waals surface area contributed by atoms with E-state index < -0.39 is 5.82 Å². The van der Waals surface area contributed by atoms with Crippen molar-refractivity contribution in [3.05, 3.63) is 60.8 Å². The summed E-state index contributed by atoms with van der Waals surface area (Å²) in [4.78, 5) is 21.4. The molecule has 4 rings (SSSR count). The van der Waals surface area contributed by atoms with E-state index in [0.29, 0.717) is 23.4 Å². The van der Waals surface area contributed by atoms with Gasteiger partial charge in [-0.05, 0) is 19.1 Å². The molecule has 0 aliphatic carbocycles. The summed E-state index contributed by atoms with van der Waals surface area (Å²) >= 11 is 0. The first-order chi connectivity index (χ1) is 13.1. The molecule has 3 heterocycles. The van der Waals surface area contributed by atoms with Gasteiger partial charge in [0.1, 0.15) is 17.5 Å². The number of hydrogen-bond donors (Lipinski definition) is 2. The molecule has 0 saturated heterocycles. The van der Waals surface area contributed by atoms with Crippen molar-refractivity contribution in [1.29, 1.82) is 0 Å². The summed E-state index contributed by atoms with van der Waals surface area (Å²) in [6, 6.07) is 7.39. The molecule has 27 heavy (non-hydrogen) atoms. The third-order valence-electron chi connectivity index (χ3n) is 3.93. The van der Waals surface area contributed by atoms with E-state index in [9.17, 15) is 4.39 Å². The van der Waals surface area contributed by atoms with E-state index in [1.165, 1.54) is 0 Å². The van der Waals surface area contributed by atoms with Gasteiger partial charge in [-0.25, -0.2) is 24.3 Å². The lowest BCUT2D eigenvalue weighted by molar-refractivity contribution is 0.604. The maximum atomic E-state index is 13.0. The summed E-state index contributed by atoms with van der Waals surface area (Å²) in [6.07, 6.45) is 5.84. The zero-order valence-electron chi connectivity index (χ0n) is 14.8. The number of aryl methyl sites for hydroxylation is 1. The number of rotatable bonds is 5. The van der Waals surface area contributed by atoms with Crippen molar-refractivity contribution in [3.63, 3.8) is 0 Å². The fraction of sp³-hybridized carbons (Fsp3) is 0.167. The summed E-state index contributed by atoms with van der Waals surface area (Å²) in [5, 5.41) is 7.27. The van der Waals surface area contributed by atoms with E-state index in [4.69, 9.17) is 0 Å². The minimum absolute atomic E-state index is 0.297. The van der Waals surface area contributed by atoms with E-state index >= 15 is 0 Å². The fourth-order valence-electron chi connectivity index (χ4n) is 2.64. The van der Waals surface area contributed by atoms with Crippen LogP contribution in [-0.4, -0.2) is 29.5 Å². The van der Waals surface area contributed by atoms with Crippen molar-refractivity contribution < 1.29 is 4.39 Å². The first-order valence-corrected chi connectivity index (χ1v) is 8.34. The van der Waals surface area contributed by atoms with Gasteiger partial charge in [0.25, 0.3) is 0 Å². The molecule has 0 amide bonds. The second-order valence-corrected chi connectivity index (χ2v) is 6.09. The van der Waals surface area contributed by atoms with Gasteiger partial charge in [0.05, 0.1) is 30.3 Å². The van der Waals surface area contributed by atoms with Crippen LogP contribution in [0.25, 0.3) is 10.9 Å². The quantitative estimate of drug-likeness (QED) is 0.561. The van der Waals surface area contributed by atoms with Crippen LogP contribution in [0.5, 0.6) is 0 Å². The number of imidazole rings is 1. The van der Waals surface area contributed by atoms with Gasteiger partial charge >= 0.3 is 0 Å². The minimum atomic E-state index is -0.477. The number of halogens is 1. The van der Waals surface area contributed by atoms with Crippen LogP contribution in [0.1, 0.15) is 18.8 Å². The first-order valence-electron chi connectivity index (χ1n) is 8.34. The SMILES string of the molecule is C[C@H](Nc1nc(Nc2cn(C)cn2)c2ccccc2n1)c1ncc(F)cn1. The molecule has 1 aromatic carbocycles. The van der Waals surface area contributed by atoms with Crippen LogP contribution >= 0.6 is 0 Å². The highest BCUT2D eigenvalue weighted by Crippen LogP contribution is 2.25. The van der Waals surface area contributed by atoms with Gasteiger partial charge < -0.3 is 15.2 Å². The summed E-state index contributed by atoms with van der Waals surface area (Å²) < 4.78 is 14.9. The summed E-state index contributed by atoms with van der Waals surface area (Å²) in [7, 11) is 1.90. The maximum Gasteiger partial charge on any atom is 0.225 e. The highest BCUT2D eigenvalue weighted by molar-refractivity contribution is 5.91. The van der Waals surface area contributed by atoms with Crippen LogP contribution in [-0.2, 0) is 7.05 Å². The lowest BCUT2D eigenvalue weighted by Gasteiger charge is -2.14. The molecule has 0 unspecified atom stereocenters. The second-order valence-electron chi connectivity index (χ2n) is 6.09. The molecule has 0 saturated carbocycles. The highest BCUT2D eigenvalue weighted by Gasteiger charge is 2.13. The zero-order valence-corrected chi connectivity index (χ0v) is 14.8. The Morgan fingerprint density at radius 3 is 2.59 bits per heavy atom. The fourth-order valence-corrected chi connectivity index (χ4v) is 2.64. The zero-order chi connectivity index (χ0) is 18.8. The number of nitrogens with one attached hydrogen (secondary N) is 2. The Labute approximate surface area is 154 Å². The molecule has 9 heteroatoms. The molecule has 0 fully saturated rings. The highest BCUT2D eigenvalue weighted by atomic mass is 19.1. The predicted molar refractivity (Wildman–Crippen MR) is 100 cm³/mol. The Hall–Kier alpha value is -3.62. The third kappa shape index (κ3) is 3.66. The molecular weight excluding hydrogens is 347 g/mol. The van der Waals surface area contributed by atoms with Crippen molar-refractivity contribution >= 4 is 28.5 Å². The topological polar surface area (TPSA) is 93.4 Å². The van der Waals surface area contributed by atoms with E-state index in [1.54, 1.807) is 6.33 Å². The Kier molecular flexibility index (Phi) is 4.33. The molecule has 0 spiro atoms. The van der Waals surface area contributed by atoms with E-state index in [-0.39, 0.29) is 6.04 Å². The molecule has 2 N–H and O–H groups in total. The molecule has 1 atom stereocenters. The van der Waals surface area contributed by atoms with Gasteiger partial charge in [-0.1, -0.05) is 12.1 Å². The van der Waals surface area contributed by atoms with E-state index in [1.807, 2.05) is 49.0 Å². The number of hydrogen-bond acceptors (Lipinski definition) is 7. The number of para-hydroxylation sites is 1. The number of anilines is 3. The Morgan fingerprint density at radius 2 is 1.85 bits per heavy atom. The van der Waals surface area contributed by atoms with Crippen molar-refractivity contribution in [1.82, 2.24) is 29.5 Å². The standard InChI is InChI=1S/C18H17FN8/c1-11(16-20-7-12(19)8-21-16)23-18-24-14-6-4-3-5-13(14)17(26-18)25-15-9-27(2)10-22-15/h3-11H,1-2H3,(H2,23,24,25,26)/t11-/m0/s1. The molecule has 136 valence electrons. The average molecular weight is 364 g/mol. The Morgan fingerprint density at radius 1 is 1.07 bits per heavy atom. The van der Waals surface area contributed by atoms with Crippen LogP contribution in [0.4, 0.5) is 22.0 Å². The van der Waals surface area contributed by atoms with Crippen LogP contribution in [0.3, 0.4) is 0 Å².